The average Bonchev–Trinajstić information content (AvgIpc) is 3.56. The minimum absolute atomic E-state index is 0.209. The van der Waals surface area contributed by atoms with Crippen molar-refractivity contribution in [3.05, 3.63) is 58.3 Å². The summed E-state index contributed by atoms with van der Waals surface area (Å²) in [5.41, 5.74) is 11.8. The van der Waals surface area contributed by atoms with Gasteiger partial charge in [0.15, 0.2) is 0 Å². The number of nitrogens with zero attached hydrogens (tertiary/aromatic N) is 8. The quantitative estimate of drug-likeness (QED) is 0.325. The first kappa shape index (κ1) is 34.1. The van der Waals surface area contributed by atoms with E-state index >= 15 is 0 Å². The zero-order valence-corrected chi connectivity index (χ0v) is 30.6. The van der Waals surface area contributed by atoms with Crippen molar-refractivity contribution in [2.45, 2.75) is 72.3 Å². The van der Waals surface area contributed by atoms with Crippen molar-refractivity contribution >= 4 is 27.8 Å². The SMILES string of the molecule is Cc1cc2c3c(n(CCN4CCNCC4=O)c2cn1)CCN(C)C3.Cc1ccc2c(n1)c1c(n2CCN2CCNCC2C)CCN(C)C1C. The first-order valence-corrected chi connectivity index (χ1v) is 18.5. The summed E-state index contributed by atoms with van der Waals surface area (Å²) in [6.45, 7) is 21.4. The minimum Gasteiger partial charge on any atom is -0.342 e. The van der Waals surface area contributed by atoms with E-state index < -0.39 is 0 Å². The van der Waals surface area contributed by atoms with Gasteiger partial charge in [-0.15, -0.1) is 0 Å². The lowest BCUT2D eigenvalue weighted by molar-refractivity contribution is -0.132. The van der Waals surface area contributed by atoms with Gasteiger partial charge in [-0.05, 0) is 65.6 Å². The maximum Gasteiger partial charge on any atom is 0.236 e. The van der Waals surface area contributed by atoms with Gasteiger partial charge in [-0.25, -0.2) is 0 Å². The number of likely N-dealkylation sites (N-methyl/N-ethyl adjacent to an activating group) is 2. The molecule has 2 atom stereocenters. The van der Waals surface area contributed by atoms with Crippen molar-refractivity contribution in [3.8, 4) is 0 Å². The number of amides is 1. The molecule has 4 aromatic rings. The Kier molecular flexibility index (Phi) is 10.1. The van der Waals surface area contributed by atoms with Gasteiger partial charge in [0.05, 0.1) is 29.3 Å². The number of hydrogen-bond acceptors (Lipinski definition) is 8. The minimum atomic E-state index is 0.209. The van der Waals surface area contributed by atoms with Crippen LogP contribution in [-0.4, -0.2) is 130 Å². The number of hydrogen-bond donors (Lipinski definition) is 2. The van der Waals surface area contributed by atoms with E-state index in [1.54, 1.807) is 0 Å². The van der Waals surface area contributed by atoms with Gasteiger partial charge in [0, 0.05) is 137 Å². The lowest BCUT2D eigenvalue weighted by atomic mass is 9.99. The molecule has 2 N–H and O–H groups in total. The lowest BCUT2D eigenvalue weighted by Crippen LogP contribution is -2.50. The van der Waals surface area contributed by atoms with Gasteiger partial charge in [0.25, 0.3) is 0 Å². The molecule has 1 amide bonds. The predicted octanol–water partition coefficient (Wildman–Crippen LogP) is 2.95. The number of fused-ring (bicyclic) bond motifs is 6. The third-order valence-corrected chi connectivity index (χ3v) is 11.5. The summed E-state index contributed by atoms with van der Waals surface area (Å²) in [4.78, 5) is 30.9. The van der Waals surface area contributed by atoms with Crippen molar-refractivity contribution in [1.82, 2.24) is 49.3 Å². The lowest BCUT2D eigenvalue weighted by Gasteiger charge is -2.34. The van der Waals surface area contributed by atoms with Crippen molar-refractivity contribution in [1.29, 1.82) is 0 Å². The maximum atomic E-state index is 12.0. The van der Waals surface area contributed by atoms with Gasteiger partial charge in [0.1, 0.15) is 0 Å². The Hall–Kier alpha value is -3.35. The Morgan fingerprint density at radius 3 is 2.45 bits per heavy atom. The summed E-state index contributed by atoms with van der Waals surface area (Å²) in [6.07, 6.45) is 4.19. The molecule has 0 aliphatic carbocycles. The first-order valence-electron chi connectivity index (χ1n) is 18.5. The summed E-state index contributed by atoms with van der Waals surface area (Å²) < 4.78 is 4.97. The van der Waals surface area contributed by atoms with E-state index in [1.165, 1.54) is 44.5 Å². The van der Waals surface area contributed by atoms with Gasteiger partial charge < -0.3 is 29.6 Å². The molecule has 0 radical (unpaired) electrons. The van der Waals surface area contributed by atoms with Crippen LogP contribution in [0.25, 0.3) is 21.9 Å². The van der Waals surface area contributed by atoms with E-state index in [4.69, 9.17) is 4.98 Å². The van der Waals surface area contributed by atoms with Crippen molar-refractivity contribution in [2.24, 2.45) is 0 Å². The molecule has 0 aromatic carbocycles. The largest absolute Gasteiger partial charge is 0.342 e. The summed E-state index contributed by atoms with van der Waals surface area (Å²) >= 11 is 0. The van der Waals surface area contributed by atoms with Gasteiger partial charge >= 0.3 is 0 Å². The standard InChI is InChI=1S/C20H31N5.C18H25N5O/c1-14-5-6-18-20(22-14)19-16(3)23(4)9-7-17(19)25(18)12-11-24-10-8-21-13-15(24)2;1-13-9-14-15-12-21(2)5-3-16(15)23(17(14)10-20-13)8-7-22-6-4-19-11-18(22)24/h5-6,15-16,21H,7-13H2,1-4H3;9-10,19H,3-8,11-12H2,1-2H3. The zero-order chi connectivity index (χ0) is 34.2. The molecular weight excluding hydrogens is 612 g/mol. The number of nitrogens with one attached hydrogen (secondary N) is 2. The highest BCUT2D eigenvalue weighted by Crippen LogP contribution is 2.36. The van der Waals surface area contributed by atoms with Crippen molar-refractivity contribution in [3.63, 3.8) is 0 Å². The molecule has 0 bridgehead atoms. The normalized spacial score (nSPS) is 22.3. The molecule has 49 heavy (non-hydrogen) atoms. The molecule has 0 saturated carbocycles. The second kappa shape index (κ2) is 14.5. The molecule has 11 nitrogen and oxygen atoms in total. The average molecular weight is 669 g/mol. The Morgan fingerprint density at radius 2 is 1.63 bits per heavy atom. The van der Waals surface area contributed by atoms with E-state index in [9.17, 15) is 4.79 Å². The molecule has 11 heteroatoms. The molecule has 4 aliphatic heterocycles. The van der Waals surface area contributed by atoms with Crippen molar-refractivity contribution < 1.29 is 4.79 Å². The van der Waals surface area contributed by atoms with Crippen LogP contribution in [0.2, 0.25) is 0 Å². The highest BCUT2D eigenvalue weighted by atomic mass is 16.2. The van der Waals surface area contributed by atoms with Crippen LogP contribution in [0.5, 0.6) is 0 Å². The van der Waals surface area contributed by atoms with Crippen LogP contribution < -0.4 is 10.6 Å². The smallest absolute Gasteiger partial charge is 0.236 e. The number of aryl methyl sites for hydroxylation is 2. The zero-order valence-electron chi connectivity index (χ0n) is 30.6. The molecular formula is C38H56N10O. The Bertz CT molecular complexity index is 1810. The summed E-state index contributed by atoms with van der Waals surface area (Å²) in [5, 5.41) is 7.95. The molecule has 4 aromatic heterocycles. The van der Waals surface area contributed by atoms with Gasteiger partial charge in [-0.1, -0.05) is 0 Å². The van der Waals surface area contributed by atoms with E-state index in [0.29, 0.717) is 18.6 Å². The van der Waals surface area contributed by atoms with E-state index in [2.05, 4.69) is 99.4 Å². The molecule has 2 unspecified atom stereocenters. The first-order chi connectivity index (χ1) is 23.7. The number of aromatic nitrogens is 4. The third kappa shape index (κ3) is 6.88. The van der Waals surface area contributed by atoms with Crippen LogP contribution in [-0.2, 0) is 37.3 Å². The third-order valence-electron chi connectivity index (χ3n) is 11.5. The van der Waals surface area contributed by atoms with E-state index in [1.807, 2.05) is 11.1 Å². The second-order valence-electron chi connectivity index (χ2n) is 14.8. The van der Waals surface area contributed by atoms with Crippen LogP contribution >= 0.6 is 0 Å². The Morgan fingerprint density at radius 1 is 0.857 bits per heavy atom. The highest BCUT2D eigenvalue weighted by Gasteiger charge is 2.29. The van der Waals surface area contributed by atoms with Crippen molar-refractivity contribution in [2.75, 3.05) is 79.5 Å². The molecule has 4 aliphatic rings. The summed E-state index contributed by atoms with van der Waals surface area (Å²) in [7, 11) is 4.41. The van der Waals surface area contributed by atoms with E-state index in [-0.39, 0.29) is 5.91 Å². The monoisotopic (exact) mass is 668 g/mol. The fraction of sp³-hybridized carbons (Fsp3) is 0.605. The molecule has 264 valence electrons. The Labute approximate surface area is 291 Å². The highest BCUT2D eigenvalue weighted by molar-refractivity contribution is 5.86. The van der Waals surface area contributed by atoms with Crippen LogP contribution in [0.4, 0.5) is 0 Å². The fourth-order valence-electron chi connectivity index (χ4n) is 8.44. The summed E-state index contributed by atoms with van der Waals surface area (Å²) in [6, 6.07) is 7.72. The summed E-state index contributed by atoms with van der Waals surface area (Å²) in [5.74, 6) is 0.209. The van der Waals surface area contributed by atoms with Gasteiger partial charge in [-0.2, -0.15) is 0 Å². The van der Waals surface area contributed by atoms with Crippen LogP contribution in [0.15, 0.2) is 24.4 Å². The molecule has 0 spiro atoms. The number of rotatable bonds is 6. The number of carbonyl (C=O) groups excluding carboxylic acids is 1. The molecule has 8 rings (SSSR count). The molecule has 2 fully saturated rings. The Balaban J connectivity index is 0.000000154. The van der Waals surface area contributed by atoms with Crippen LogP contribution in [0.1, 0.15) is 53.8 Å². The van der Waals surface area contributed by atoms with Crippen LogP contribution in [0.3, 0.4) is 0 Å². The maximum absolute atomic E-state index is 12.0. The number of piperazine rings is 2. The molecule has 2 saturated heterocycles. The molecule has 8 heterocycles. The number of carbonyl (C=O) groups is 1. The van der Waals surface area contributed by atoms with E-state index in [0.717, 1.165) is 103 Å². The predicted molar refractivity (Wildman–Crippen MR) is 197 cm³/mol. The van der Waals surface area contributed by atoms with Crippen LogP contribution in [0, 0.1) is 13.8 Å². The van der Waals surface area contributed by atoms with Gasteiger partial charge in [-0.3, -0.25) is 24.6 Å². The topological polar surface area (TPSA) is 89.7 Å². The fourth-order valence-corrected chi connectivity index (χ4v) is 8.44. The second-order valence-corrected chi connectivity index (χ2v) is 14.8. The number of pyridine rings is 2. The van der Waals surface area contributed by atoms with Gasteiger partial charge in [0.2, 0.25) is 5.91 Å².